The van der Waals surface area contributed by atoms with Crippen LogP contribution in [-0.2, 0) is 14.2 Å². The highest BCUT2D eigenvalue weighted by Crippen LogP contribution is 2.22. The number of nitrogens with one attached hydrogen (secondary N) is 1. The molecule has 2 saturated heterocycles. The van der Waals surface area contributed by atoms with E-state index in [-0.39, 0.29) is 12.2 Å². The highest BCUT2D eigenvalue weighted by Gasteiger charge is 2.33. The smallest absolute Gasteiger partial charge is 0.410 e. The average Bonchev–Trinajstić information content (AvgIpc) is 2.74. The molecule has 2 rings (SSSR count). The second kappa shape index (κ2) is 6.72. The van der Waals surface area contributed by atoms with E-state index in [0.29, 0.717) is 12.6 Å². The van der Waals surface area contributed by atoms with Crippen molar-refractivity contribution in [3.05, 3.63) is 0 Å². The van der Waals surface area contributed by atoms with Crippen LogP contribution >= 0.6 is 0 Å². The molecule has 128 valence electrons. The summed E-state index contributed by atoms with van der Waals surface area (Å²) in [5.41, 5.74) is -0.432. The lowest BCUT2D eigenvalue weighted by atomic mass is 10.1. The predicted molar refractivity (Wildman–Crippen MR) is 83.7 cm³/mol. The van der Waals surface area contributed by atoms with Crippen LogP contribution < -0.4 is 5.32 Å². The van der Waals surface area contributed by atoms with Crippen LogP contribution in [0, 0.1) is 0 Å². The zero-order valence-corrected chi connectivity index (χ0v) is 14.5. The number of amides is 1. The second-order valence-electron chi connectivity index (χ2n) is 7.60. The van der Waals surface area contributed by atoms with E-state index in [1.165, 1.54) is 0 Å². The Morgan fingerprint density at radius 3 is 2.45 bits per heavy atom. The Morgan fingerprint density at radius 2 is 1.95 bits per heavy atom. The Hall–Kier alpha value is -0.850. The number of piperidine rings is 1. The lowest BCUT2D eigenvalue weighted by Crippen LogP contribution is -2.48. The SMILES string of the molecule is CC(C)(C)OC(=O)N1CCC(NCC2COC(C)(C)O2)CC1. The number of hydrogen-bond donors (Lipinski definition) is 1. The van der Waals surface area contributed by atoms with Gasteiger partial charge in [-0.25, -0.2) is 4.79 Å². The maximum atomic E-state index is 12.0. The number of carbonyl (C=O) groups is 1. The molecule has 1 amide bonds. The van der Waals surface area contributed by atoms with Crippen LogP contribution in [0.5, 0.6) is 0 Å². The molecule has 0 aromatic rings. The van der Waals surface area contributed by atoms with E-state index >= 15 is 0 Å². The zero-order chi connectivity index (χ0) is 16.4. The third kappa shape index (κ3) is 5.41. The van der Waals surface area contributed by atoms with E-state index in [0.717, 1.165) is 32.5 Å². The number of nitrogens with zero attached hydrogens (tertiary/aromatic N) is 1. The molecule has 22 heavy (non-hydrogen) atoms. The summed E-state index contributed by atoms with van der Waals surface area (Å²) in [6, 6.07) is 0.422. The Balaban J connectivity index is 1.66. The Kier molecular flexibility index (Phi) is 5.35. The quantitative estimate of drug-likeness (QED) is 0.865. The van der Waals surface area contributed by atoms with Gasteiger partial charge >= 0.3 is 6.09 Å². The van der Waals surface area contributed by atoms with Crippen LogP contribution in [0.15, 0.2) is 0 Å². The summed E-state index contributed by atoms with van der Waals surface area (Å²) in [6.07, 6.45) is 1.78. The zero-order valence-electron chi connectivity index (χ0n) is 14.5. The molecule has 1 unspecified atom stereocenters. The van der Waals surface area contributed by atoms with E-state index in [1.54, 1.807) is 4.90 Å². The maximum Gasteiger partial charge on any atom is 0.410 e. The number of hydrogen-bond acceptors (Lipinski definition) is 5. The molecule has 6 nitrogen and oxygen atoms in total. The molecule has 0 spiro atoms. The lowest BCUT2D eigenvalue weighted by molar-refractivity contribution is -0.138. The molecule has 2 heterocycles. The second-order valence-corrected chi connectivity index (χ2v) is 7.60. The first-order valence-corrected chi connectivity index (χ1v) is 8.18. The molecular formula is C16H30N2O4. The number of likely N-dealkylation sites (tertiary alicyclic amines) is 1. The molecule has 1 N–H and O–H groups in total. The van der Waals surface area contributed by atoms with Crippen molar-refractivity contribution in [2.45, 2.75) is 71.0 Å². The fourth-order valence-corrected chi connectivity index (χ4v) is 2.75. The van der Waals surface area contributed by atoms with Crippen molar-refractivity contribution in [3.63, 3.8) is 0 Å². The van der Waals surface area contributed by atoms with E-state index < -0.39 is 11.4 Å². The van der Waals surface area contributed by atoms with Crippen molar-refractivity contribution in [3.8, 4) is 0 Å². The van der Waals surface area contributed by atoms with E-state index in [9.17, 15) is 4.79 Å². The summed E-state index contributed by atoms with van der Waals surface area (Å²) in [4.78, 5) is 13.8. The van der Waals surface area contributed by atoms with Crippen molar-refractivity contribution in [1.29, 1.82) is 0 Å². The van der Waals surface area contributed by atoms with Gasteiger partial charge in [0.1, 0.15) is 5.60 Å². The average molecular weight is 314 g/mol. The Bertz CT molecular complexity index is 384. The minimum absolute atomic E-state index is 0.110. The molecule has 2 aliphatic heterocycles. The first-order valence-electron chi connectivity index (χ1n) is 8.18. The van der Waals surface area contributed by atoms with Crippen LogP contribution in [0.1, 0.15) is 47.5 Å². The first kappa shape index (κ1) is 17.5. The highest BCUT2D eigenvalue weighted by atomic mass is 16.7. The molecule has 6 heteroatoms. The fourth-order valence-electron chi connectivity index (χ4n) is 2.75. The molecule has 0 bridgehead atoms. The van der Waals surface area contributed by atoms with Gasteiger partial charge in [0.2, 0.25) is 0 Å². The van der Waals surface area contributed by atoms with Gasteiger partial charge < -0.3 is 24.4 Å². The molecular weight excluding hydrogens is 284 g/mol. The van der Waals surface area contributed by atoms with Gasteiger partial charge in [0.15, 0.2) is 5.79 Å². The van der Waals surface area contributed by atoms with Crippen molar-refractivity contribution in [2.24, 2.45) is 0 Å². The van der Waals surface area contributed by atoms with Gasteiger partial charge in [0.25, 0.3) is 0 Å². The van der Waals surface area contributed by atoms with Crippen LogP contribution in [0.3, 0.4) is 0 Å². The molecule has 2 aliphatic rings. The monoisotopic (exact) mass is 314 g/mol. The standard InChI is InChI=1S/C16H30N2O4/c1-15(2,3)22-14(19)18-8-6-12(7-9-18)17-10-13-11-20-16(4,5)21-13/h12-13,17H,6-11H2,1-5H3. The third-order valence-corrected chi connectivity index (χ3v) is 3.85. The van der Waals surface area contributed by atoms with Gasteiger partial charge in [-0.3, -0.25) is 0 Å². The van der Waals surface area contributed by atoms with Gasteiger partial charge in [-0.2, -0.15) is 0 Å². The maximum absolute atomic E-state index is 12.0. The van der Waals surface area contributed by atoms with Crippen LogP contribution in [0.4, 0.5) is 4.79 Å². The summed E-state index contributed by atoms with van der Waals surface area (Å²) in [6.45, 7) is 12.5. The minimum atomic E-state index is -0.466. The van der Waals surface area contributed by atoms with Crippen molar-refractivity contribution in [2.75, 3.05) is 26.2 Å². The summed E-state index contributed by atoms with van der Waals surface area (Å²) in [5.74, 6) is -0.466. The number of ether oxygens (including phenoxy) is 3. The Labute approximate surface area is 133 Å². The van der Waals surface area contributed by atoms with Gasteiger partial charge in [0.05, 0.1) is 12.7 Å². The van der Waals surface area contributed by atoms with Crippen molar-refractivity contribution in [1.82, 2.24) is 10.2 Å². The molecule has 0 aromatic carbocycles. The molecule has 0 radical (unpaired) electrons. The number of carbonyl (C=O) groups excluding carboxylic acids is 1. The molecule has 0 aliphatic carbocycles. The lowest BCUT2D eigenvalue weighted by Gasteiger charge is -2.34. The van der Waals surface area contributed by atoms with Crippen molar-refractivity contribution < 1.29 is 19.0 Å². The normalized spacial score (nSPS) is 26.2. The largest absolute Gasteiger partial charge is 0.444 e. The van der Waals surface area contributed by atoms with Gasteiger partial charge in [-0.05, 0) is 47.5 Å². The van der Waals surface area contributed by atoms with Crippen LogP contribution in [-0.4, -0.2) is 60.8 Å². The summed E-state index contributed by atoms with van der Waals surface area (Å²) >= 11 is 0. The van der Waals surface area contributed by atoms with Gasteiger partial charge in [-0.15, -0.1) is 0 Å². The van der Waals surface area contributed by atoms with Gasteiger partial charge in [-0.1, -0.05) is 0 Å². The van der Waals surface area contributed by atoms with E-state index in [2.05, 4.69) is 5.32 Å². The minimum Gasteiger partial charge on any atom is -0.444 e. The molecule has 0 saturated carbocycles. The molecule has 1 atom stereocenters. The molecule has 2 fully saturated rings. The summed E-state index contributed by atoms with van der Waals surface area (Å²) < 4.78 is 16.7. The van der Waals surface area contributed by atoms with Crippen LogP contribution in [0.2, 0.25) is 0 Å². The summed E-state index contributed by atoms with van der Waals surface area (Å²) in [7, 11) is 0. The topological polar surface area (TPSA) is 60.0 Å². The van der Waals surface area contributed by atoms with Crippen molar-refractivity contribution >= 4 is 6.09 Å². The highest BCUT2D eigenvalue weighted by molar-refractivity contribution is 5.68. The van der Waals surface area contributed by atoms with Crippen LogP contribution in [0.25, 0.3) is 0 Å². The van der Waals surface area contributed by atoms with E-state index in [1.807, 2.05) is 34.6 Å². The predicted octanol–water partition coefficient (Wildman–Crippen LogP) is 2.13. The van der Waals surface area contributed by atoms with Gasteiger partial charge in [0, 0.05) is 25.7 Å². The third-order valence-electron chi connectivity index (χ3n) is 3.85. The fraction of sp³-hybridized carbons (Fsp3) is 0.938. The Morgan fingerprint density at radius 1 is 1.32 bits per heavy atom. The van der Waals surface area contributed by atoms with E-state index in [4.69, 9.17) is 14.2 Å². The molecule has 0 aromatic heterocycles. The first-order chi connectivity index (χ1) is 10.1. The number of rotatable bonds is 3. The summed E-state index contributed by atoms with van der Waals surface area (Å²) in [5, 5.41) is 3.53.